The topological polar surface area (TPSA) is 89.3 Å². The maximum atomic E-state index is 10.8. The van der Waals surface area contributed by atoms with Gasteiger partial charge in [-0.15, -0.1) is 0 Å². The molecular weight excluding hydrogens is 180 g/mol. The molecule has 0 spiro atoms. The quantitative estimate of drug-likeness (QED) is 0.615. The first kappa shape index (κ1) is 10.5. The van der Waals surface area contributed by atoms with E-state index in [2.05, 4.69) is 0 Å². The number of rotatable bonds is 3. The van der Waals surface area contributed by atoms with Gasteiger partial charge in [-0.1, -0.05) is 12.1 Å². The summed E-state index contributed by atoms with van der Waals surface area (Å²) in [7, 11) is 0. The molecule has 14 heavy (non-hydrogen) atoms. The number of benzene rings is 1. The lowest BCUT2D eigenvalue weighted by atomic mass is 9.94. The van der Waals surface area contributed by atoms with Crippen LogP contribution in [0.2, 0.25) is 0 Å². The fourth-order valence-electron chi connectivity index (χ4n) is 1.20. The Balaban J connectivity index is 2.83. The molecule has 0 radical (unpaired) electrons. The molecule has 1 aromatic rings. The molecule has 0 fully saturated rings. The third kappa shape index (κ3) is 2.47. The Morgan fingerprint density at radius 3 is 2.71 bits per heavy atom. The SMILES string of the molecule is C[C@](N)(Cc1cccc(N)c1)C(=O)O. The summed E-state index contributed by atoms with van der Waals surface area (Å²) < 4.78 is 0. The molecule has 4 heteroatoms. The number of nitrogens with two attached hydrogens (primary N) is 2. The zero-order chi connectivity index (χ0) is 10.8. The minimum Gasteiger partial charge on any atom is -0.480 e. The van der Waals surface area contributed by atoms with Crippen LogP contribution in [0.3, 0.4) is 0 Å². The van der Waals surface area contributed by atoms with E-state index in [1.54, 1.807) is 18.2 Å². The maximum absolute atomic E-state index is 10.8. The summed E-state index contributed by atoms with van der Waals surface area (Å²) in [5.74, 6) is -1.01. The normalized spacial score (nSPS) is 14.7. The van der Waals surface area contributed by atoms with Crippen molar-refractivity contribution in [2.75, 3.05) is 5.73 Å². The van der Waals surface area contributed by atoms with Gasteiger partial charge in [-0.05, 0) is 24.6 Å². The van der Waals surface area contributed by atoms with Gasteiger partial charge in [-0.3, -0.25) is 4.79 Å². The van der Waals surface area contributed by atoms with E-state index in [9.17, 15) is 4.79 Å². The van der Waals surface area contributed by atoms with Crippen LogP contribution in [0.1, 0.15) is 12.5 Å². The van der Waals surface area contributed by atoms with Crippen molar-refractivity contribution in [3.8, 4) is 0 Å². The average Bonchev–Trinajstić information content (AvgIpc) is 2.02. The summed E-state index contributed by atoms with van der Waals surface area (Å²) in [5.41, 5.74) is 11.4. The molecular formula is C10H14N2O2. The minimum atomic E-state index is -1.24. The fraction of sp³-hybridized carbons (Fsp3) is 0.300. The van der Waals surface area contributed by atoms with E-state index in [4.69, 9.17) is 16.6 Å². The average molecular weight is 194 g/mol. The number of aliphatic carboxylic acids is 1. The van der Waals surface area contributed by atoms with Gasteiger partial charge in [0.05, 0.1) is 0 Å². The van der Waals surface area contributed by atoms with Crippen LogP contribution in [0.15, 0.2) is 24.3 Å². The molecule has 5 N–H and O–H groups in total. The van der Waals surface area contributed by atoms with Crippen molar-refractivity contribution in [1.29, 1.82) is 0 Å². The summed E-state index contributed by atoms with van der Waals surface area (Å²) in [6.45, 7) is 1.48. The van der Waals surface area contributed by atoms with E-state index in [1.165, 1.54) is 6.92 Å². The first-order valence-corrected chi connectivity index (χ1v) is 4.28. The van der Waals surface area contributed by atoms with Gasteiger partial charge in [-0.25, -0.2) is 0 Å². The first-order chi connectivity index (χ1) is 6.42. The molecule has 0 unspecified atom stereocenters. The highest BCUT2D eigenvalue weighted by molar-refractivity contribution is 5.78. The number of hydrogen-bond donors (Lipinski definition) is 3. The maximum Gasteiger partial charge on any atom is 0.323 e. The third-order valence-corrected chi connectivity index (χ3v) is 2.01. The van der Waals surface area contributed by atoms with Crippen molar-refractivity contribution in [1.82, 2.24) is 0 Å². The van der Waals surface area contributed by atoms with Crippen LogP contribution >= 0.6 is 0 Å². The van der Waals surface area contributed by atoms with Crippen molar-refractivity contribution in [3.05, 3.63) is 29.8 Å². The van der Waals surface area contributed by atoms with Gasteiger partial charge in [0.1, 0.15) is 5.54 Å². The molecule has 0 aromatic heterocycles. The van der Waals surface area contributed by atoms with Gasteiger partial charge >= 0.3 is 5.97 Å². The highest BCUT2D eigenvalue weighted by Crippen LogP contribution is 2.13. The number of carboxylic acids is 1. The zero-order valence-corrected chi connectivity index (χ0v) is 8.03. The predicted octanol–water partition coefficient (Wildman–Crippen LogP) is 0.613. The first-order valence-electron chi connectivity index (χ1n) is 4.28. The number of nitrogen functional groups attached to an aromatic ring is 1. The Morgan fingerprint density at radius 2 is 2.21 bits per heavy atom. The summed E-state index contributed by atoms with van der Waals surface area (Å²) in [6.07, 6.45) is 0.271. The van der Waals surface area contributed by atoms with Gasteiger partial charge in [0.25, 0.3) is 0 Å². The van der Waals surface area contributed by atoms with Crippen LogP contribution in [0.4, 0.5) is 5.69 Å². The number of carboxylic acid groups (broad SMARTS) is 1. The van der Waals surface area contributed by atoms with Crippen LogP contribution in [-0.2, 0) is 11.2 Å². The summed E-state index contributed by atoms with van der Waals surface area (Å²) in [6, 6.07) is 7.07. The van der Waals surface area contributed by atoms with Crippen molar-refractivity contribution in [2.24, 2.45) is 5.73 Å². The molecule has 0 saturated carbocycles. The van der Waals surface area contributed by atoms with Crippen LogP contribution in [0, 0.1) is 0 Å². The molecule has 0 bridgehead atoms. The van der Waals surface area contributed by atoms with E-state index in [0.717, 1.165) is 5.56 Å². The smallest absolute Gasteiger partial charge is 0.323 e. The van der Waals surface area contributed by atoms with E-state index < -0.39 is 11.5 Å². The van der Waals surface area contributed by atoms with Crippen LogP contribution < -0.4 is 11.5 Å². The van der Waals surface area contributed by atoms with Gasteiger partial charge in [0.2, 0.25) is 0 Å². The molecule has 4 nitrogen and oxygen atoms in total. The molecule has 0 aliphatic carbocycles. The van der Waals surface area contributed by atoms with Gasteiger partial charge in [0, 0.05) is 12.1 Å². The van der Waals surface area contributed by atoms with Crippen molar-refractivity contribution in [3.63, 3.8) is 0 Å². The second kappa shape index (κ2) is 3.67. The molecule has 76 valence electrons. The van der Waals surface area contributed by atoms with Crippen molar-refractivity contribution in [2.45, 2.75) is 18.9 Å². The van der Waals surface area contributed by atoms with Gasteiger partial charge < -0.3 is 16.6 Å². The van der Waals surface area contributed by atoms with Crippen LogP contribution in [0.25, 0.3) is 0 Å². The number of anilines is 1. The highest BCUT2D eigenvalue weighted by Gasteiger charge is 2.27. The lowest BCUT2D eigenvalue weighted by Crippen LogP contribution is -2.46. The number of carbonyl (C=O) groups is 1. The molecule has 0 aliphatic rings. The molecule has 0 aliphatic heterocycles. The Labute approximate surface area is 82.5 Å². The van der Waals surface area contributed by atoms with Crippen molar-refractivity contribution < 1.29 is 9.90 Å². The Bertz CT molecular complexity index is 348. The van der Waals surface area contributed by atoms with Gasteiger partial charge in [-0.2, -0.15) is 0 Å². The predicted molar refractivity (Wildman–Crippen MR) is 54.8 cm³/mol. The van der Waals surface area contributed by atoms with Crippen molar-refractivity contribution >= 4 is 11.7 Å². The van der Waals surface area contributed by atoms with E-state index >= 15 is 0 Å². The number of hydrogen-bond acceptors (Lipinski definition) is 3. The summed E-state index contributed by atoms with van der Waals surface area (Å²) in [5, 5.41) is 8.82. The zero-order valence-electron chi connectivity index (χ0n) is 8.03. The van der Waals surface area contributed by atoms with Gasteiger partial charge in [0.15, 0.2) is 0 Å². The standard InChI is InChI=1S/C10H14N2O2/c1-10(12,9(13)14)6-7-3-2-4-8(11)5-7/h2-5H,6,11-12H2,1H3,(H,13,14)/t10-/m0/s1. The van der Waals surface area contributed by atoms with E-state index in [-0.39, 0.29) is 6.42 Å². The Kier molecular flexibility index (Phi) is 2.76. The monoisotopic (exact) mass is 194 g/mol. The van der Waals surface area contributed by atoms with Crippen LogP contribution in [-0.4, -0.2) is 16.6 Å². The lowest BCUT2D eigenvalue weighted by molar-refractivity contribution is -0.142. The largest absolute Gasteiger partial charge is 0.480 e. The van der Waals surface area contributed by atoms with Crippen LogP contribution in [0.5, 0.6) is 0 Å². The molecule has 1 rings (SSSR count). The summed E-state index contributed by atoms with van der Waals surface area (Å²) in [4.78, 5) is 10.8. The Morgan fingerprint density at radius 1 is 1.57 bits per heavy atom. The molecule has 0 heterocycles. The fourth-order valence-corrected chi connectivity index (χ4v) is 1.20. The molecule has 1 aromatic carbocycles. The molecule has 0 amide bonds. The Hall–Kier alpha value is -1.55. The summed E-state index contributed by atoms with van der Waals surface area (Å²) >= 11 is 0. The molecule has 1 atom stereocenters. The highest BCUT2D eigenvalue weighted by atomic mass is 16.4. The molecule has 0 saturated heterocycles. The van der Waals surface area contributed by atoms with E-state index in [1.807, 2.05) is 6.07 Å². The third-order valence-electron chi connectivity index (χ3n) is 2.01. The minimum absolute atomic E-state index is 0.271. The second-order valence-electron chi connectivity index (χ2n) is 3.64. The van der Waals surface area contributed by atoms with E-state index in [0.29, 0.717) is 5.69 Å². The lowest BCUT2D eigenvalue weighted by Gasteiger charge is -2.19. The second-order valence-corrected chi connectivity index (χ2v) is 3.64.